The van der Waals surface area contributed by atoms with Crippen LogP contribution < -0.4 is 10.2 Å². The number of nitrogens with zero attached hydrogens (tertiary/aromatic N) is 1. The molecule has 126 valence electrons. The molecule has 4 nitrogen and oxygen atoms in total. The van der Waals surface area contributed by atoms with E-state index in [9.17, 15) is 22.8 Å². The van der Waals surface area contributed by atoms with Crippen molar-refractivity contribution in [1.29, 1.82) is 0 Å². The summed E-state index contributed by atoms with van der Waals surface area (Å²) in [6, 6.07) is 7.75. The Bertz CT molecular complexity index is 782. The second-order valence-electron chi connectivity index (χ2n) is 4.85. The number of carbonyl (C=O) groups is 2. The maximum absolute atomic E-state index is 13.8. The standard InChI is InChI=1S/C16H12ClF3N2O2/c1-9(23)22(13-7-6-12(18)15(19)16(13)20)8-14(24)21-11-4-2-10(17)3-5-11/h2-7H,8H2,1H3,(H,21,24). The molecule has 8 heteroatoms. The van der Waals surface area contributed by atoms with Crippen LogP contribution in [0.5, 0.6) is 0 Å². The molecule has 2 rings (SSSR count). The number of amides is 2. The monoisotopic (exact) mass is 356 g/mol. The Balaban J connectivity index is 2.20. The summed E-state index contributed by atoms with van der Waals surface area (Å²) in [4.78, 5) is 24.4. The molecule has 2 amide bonds. The molecule has 2 aromatic rings. The smallest absolute Gasteiger partial charge is 0.244 e. The van der Waals surface area contributed by atoms with Crippen molar-refractivity contribution in [3.63, 3.8) is 0 Å². The van der Waals surface area contributed by atoms with Gasteiger partial charge in [-0.25, -0.2) is 13.2 Å². The highest BCUT2D eigenvalue weighted by Gasteiger charge is 2.23. The molecule has 1 N–H and O–H groups in total. The van der Waals surface area contributed by atoms with Crippen LogP contribution in [0, 0.1) is 17.5 Å². The highest BCUT2D eigenvalue weighted by molar-refractivity contribution is 6.30. The van der Waals surface area contributed by atoms with Crippen LogP contribution in [0.3, 0.4) is 0 Å². The fraction of sp³-hybridized carbons (Fsp3) is 0.125. The third-order valence-corrected chi connectivity index (χ3v) is 3.37. The van der Waals surface area contributed by atoms with E-state index in [0.717, 1.165) is 13.0 Å². The first-order valence-corrected chi connectivity index (χ1v) is 7.14. The molecule has 0 aliphatic carbocycles. The van der Waals surface area contributed by atoms with Gasteiger partial charge in [-0.15, -0.1) is 0 Å². The molecule has 24 heavy (non-hydrogen) atoms. The van der Waals surface area contributed by atoms with Crippen LogP contribution in [0.2, 0.25) is 5.02 Å². The second-order valence-corrected chi connectivity index (χ2v) is 5.29. The van der Waals surface area contributed by atoms with Crippen LogP contribution in [0.25, 0.3) is 0 Å². The normalized spacial score (nSPS) is 10.4. The fourth-order valence-electron chi connectivity index (χ4n) is 1.97. The molecular formula is C16H12ClF3N2O2. The molecular weight excluding hydrogens is 345 g/mol. The first-order valence-electron chi connectivity index (χ1n) is 6.76. The van der Waals surface area contributed by atoms with Crippen LogP contribution in [-0.2, 0) is 9.59 Å². The van der Waals surface area contributed by atoms with Crippen LogP contribution in [0.15, 0.2) is 36.4 Å². The molecule has 0 aliphatic heterocycles. The van der Waals surface area contributed by atoms with Gasteiger partial charge in [-0.1, -0.05) is 11.6 Å². The number of rotatable bonds is 4. The zero-order chi connectivity index (χ0) is 17.9. The van der Waals surface area contributed by atoms with Crippen molar-refractivity contribution < 1.29 is 22.8 Å². The topological polar surface area (TPSA) is 49.4 Å². The lowest BCUT2D eigenvalue weighted by Crippen LogP contribution is -2.37. The Morgan fingerprint density at radius 1 is 1.04 bits per heavy atom. The van der Waals surface area contributed by atoms with E-state index in [2.05, 4.69) is 5.32 Å². The first kappa shape index (κ1) is 17.8. The van der Waals surface area contributed by atoms with Gasteiger partial charge in [-0.05, 0) is 36.4 Å². The van der Waals surface area contributed by atoms with Gasteiger partial charge >= 0.3 is 0 Å². The van der Waals surface area contributed by atoms with E-state index >= 15 is 0 Å². The van der Waals surface area contributed by atoms with Crippen LogP contribution in [0.1, 0.15) is 6.92 Å². The molecule has 0 spiro atoms. The molecule has 0 fully saturated rings. The molecule has 0 saturated heterocycles. The minimum Gasteiger partial charge on any atom is -0.325 e. The zero-order valence-electron chi connectivity index (χ0n) is 12.4. The number of benzene rings is 2. The van der Waals surface area contributed by atoms with E-state index in [1.807, 2.05) is 0 Å². The Morgan fingerprint density at radius 3 is 2.25 bits per heavy atom. The minimum absolute atomic E-state index is 0.415. The van der Waals surface area contributed by atoms with Crippen molar-refractivity contribution in [2.75, 3.05) is 16.8 Å². The van der Waals surface area contributed by atoms with Crippen molar-refractivity contribution >= 4 is 34.8 Å². The van der Waals surface area contributed by atoms with Crippen molar-refractivity contribution in [1.82, 2.24) is 0 Å². The summed E-state index contributed by atoms with van der Waals surface area (Å²) >= 11 is 5.73. The largest absolute Gasteiger partial charge is 0.325 e. The Morgan fingerprint density at radius 2 is 1.67 bits per heavy atom. The van der Waals surface area contributed by atoms with E-state index in [1.165, 1.54) is 12.1 Å². The predicted molar refractivity (Wildman–Crippen MR) is 84.4 cm³/mol. The van der Waals surface area contributed by atoms with Crippen molar-refractivity contribution in [2.45, 2.75) is 6.92 Å². The predicted octanol–water partition coefficient (Wildman–Crippen LogP) is 3.75. The number of halogens is 4. The number of carbonyl (C=O) groups excluding carboxylic acids is 2. The highest BCUT2D eigenvalue weighted by atomic mass is 35.5. The fourth-order valence-corrected chi connectivity index (χ4v) is 2.09. The molecule has 0 heterocycles. The number of nitrogens with one attached hydrogen (secondary N) is 1. The van der Waals surface area contributed by atoms with Crippen molar-refractivity contribution in [2.24, 2.45) is 0 Å². The molecule has 0 saturated carbocycles. The van der Waals surface area contributed by atoms with Gasteiger partial charge in [0.05, 0.1) is 5.69 Å². The number of hydrogen-bond donors (Lipinski definition) is 1. The maximum atomic E-state index is 13.8. The average Bonchev–Trinajstić information content (AvgIpc) is 2.53. The quantitative estimate of drug-likeness (QED) is 0.848. The second kappa shape index (κ2) is 7.35. The number of anilines is 2. The van der Waals surface area contributed by atoms with Crippen molar-refractivity contribution in [3.05, 3.63) is 58.9 Å². The summed E-state index contributed by atoms with van der Waals surface area (Å²) in [5, 5.41) is 2.96. The molecule has 0 aliphatic rings. The summed E-state index contributed by atoms with van der Waals surface area (Å²) in [5.74, 6) is -5.98. The van der Waals surface area contributed by atoms with Gasteiger partial charge in [0, 0.05) is 17.6 Å². The Hall–Kier alpha value is -2.54. The summed E-state index contributed by atoms with van der Waals surface area (Å²) < 4.78 is 40.2. The van der Waals surface area contributed by atoms with E-state index in [0.29, 0.717) is 21.7 Å². The molecule has 0 aromatic heterocycles. The van der Waals surface area contributed by atoms with Gasteiger partial charge in [-0.3, -0.25) is 9.59 Å². The first-order chi connectivity index (χ1) is 11.3. The summed E-state index contributed by atoms with van der Waals surface area (Å²) in [6.07, 6.45) is 0. The van der Waals surface area contributed by atoms with Gasteiger partial charge in [0.25, 0.3) is 0 Å². The molecule has 0 atom stereocenters. The van der Waals surface area contributed by atoms with E-state index in [-0.39, 0.29) is 0 Å². The zero-order valence-corrected chi connectivity index (χ0v) is 13.2. The molecule has 0 unspecified atom stereocenters. The summed E-state index contributed by atoms with van der Waals surface area (Å²) in [7, 11) is 0. The van der Waals surface area contributed by atoms with Crippen LogP contribution in [0.4, 0.5) is 24.5 Å². The van der Waals surface area contributed by atoms with Crippen LogP contribution >= 0.6 is 11.6 Å². The molecule has 0 bridgehead atoms. The van der Waals surface area contributed by atoms with E-state index in [1.54, 1.807) is 12.1 Å². The summed E-state index contributed by atoms with van der Waals surface area (Å²) in [6.45, 7) is 0.510. The summed E-state index contributed by atoms with van der Waals surface area (Å²) in [5.41, 5.74) is -0.105. The van der Waals surface area contributed by atoms with E-state index in [4.69, 9.17) is 11.6 Å². The van der Waals surface area contributed by atoms with Gasteiger partial charge < -0.3 is 10.2 Å². The lowest BCUT2D eigenvalue weighted by molar-refractivity contribution is -0.120. The van der Waals surface area contributed by atoms with E-state index < -0.39 is 41.5 Å². The third-order valence-electron chi connectivity index (χ3n) is 3.12. The van der Waals surface area contributed by atoms with Gasteiger partial charge in [0.15, 0.2) is 17.5 Å². The molecule has 2 aromatic carbocycles. The van der Waals surface area contributed by atoms with Crippen LogP contribution in [-0.4, -0.2) is 18.4 Å². The molecule has 0 radical (unpaired) electrons. The lowest BCUT2D eigenvalue weighted by atomic mass is 10.2. The maximum Gasteiger partial charge on any atom is 0.244 e. The third kappa shape index (κ3) is 4.05. The van der Waals surface area contributed by atoms with Crippen molar-refractivity contribution in [3.8, 4) is 0 Å². The van der Waals surface area contributed by atoms with Gasteiger partial charge in [-0.2, -0.15) is 0 Å². The number of hydrogen-bond acceptors (Lipinski definition) is 2. The Kier molecular flexibility index (Phi) is 5.46. The SMILES string of the molecule is CC(=O)N(CC(=O)Nc1ccc(Cl)cc1)c1ccc(F)c(F)c1F. The average molecular weight is 357 g/mol. The Labute approximate surface area is 140 Å². The lowest BCUT2D eigenvalue weighted by Gasteiger charge is -2.21. The minimum atomic E-state index is -1.71. The van der Waals surface area contributed by atoms with Gasteiger partial charge in [0.2, 0.25) is 11.8 Å². The van der Waals surface area contributed by atoms with Gasteiger partial charge in [0.1, 0.15) is 6.54 Å². The highest BCUT2D eigenvalue weighted by Crippen LogP contribution is 2.24.